The second-order valence-corrected chi connectivity index (χ2v) is 12.4. The van der Waals surface area contributed by atoms with E-state index in [-0.39, 0.29) is 0 Å². The molecule has 0 N–H and O–H groups in total. The summed E-state index contributed by atoms with van der Waals surface area (Å²) in [5, 5.41) is 11.9. The second-order valence-electron chi connectivity index (χ2n) is 12.4. The summed E-state index contributed by atoms with van der Waals surface area (Å²) in [5.74, 6) is 1.60. The molecule has 0 aliphatic heterocycles. The molecule has 2 heterocycles. The van der Waals surface area contributed by atoms with Crippen molar-refractivity contribution in [2.75, 3.05) is 4.90 Å². The highest BCUT2D eigenvalue weighted by Crippen LogP contribution is 2.39. The van der Waals surface area contributed by atoms with E-state index in [2.05, 4.69) is 172 Å². The summed E-state index contributed by atoms with van der Waals surface area (Å²) in [6.07, 6.45) is 0. The molecule has 0 unspecified atom stereocenters. The molecule has 5 heteroatoms. The Hall–Kier alpha value is -6.72. The zero-order valence-electron chi connectivity index (χ0n) is 27.6. The first-order chi connectivity index (χ1) is 24.7. The molecule has 0 amide bonds. The number of aromatic nitrogens is 4. The van der Waals surface area contributed by atoms with Crippen LogP contribution in [0.4, 0.5) is 17.1 Å². The fraction of sp³-hybridized carbons (Fsp3) is 0.0222. The smallest absolute Gasteiger partial charge is 0.168 e. The Kier molecular flexibility index (Phi) is 7.29. The average molecular weight is 644 g/mol. The molecule has 9 rings (SSSR count). The Bertz CT molecular complexity index is 2530. The van der Waals surface area contributed by atoms with Gasteiger partial charge in [-0.3, -0.25) is 4.57 Å². The monoisotopic (exact) mass is 643 g/mol. The topological polar surface area (TPSA) is 38.9 Å². The van der Waals surface area contributed by atoms with E-state index in [0.717, 1.165) is 51.2 Å². The van der Waals surface area contributed by atoms with Gasteiger partial charge in [0.2, 0.25) is 0 Å². The van der Waals surface area contributed by atoms with Gasteiger partial charge >= 0.3 is 0 Å². The predicted octanol–water partition coefficient (Wildman–Crippen LogP) is 11.5. The van der Waals surface area contributed by atoms with Crippen molar-refractivity contribution in [1.82, 2.24) is 19.3 Å². The summed E-state index contributed by atoms with van der Waals surface area (Å²) in [6.45, 7) is 2.16. The van der Waals surface area contributed by atoms with Crippen LogP contribution in [0.2, 0.25) is 0 Å². The molecule has 50 heavy (non-hydrogen) atoms. The number of aryl methyl sites for hydroxylation is 1. The fourth-order valence-corrected chi connectivity index (χ4v) is 7.02. The van der Waals surface area contributed by atoms with Gasteiger partial charge in [-0.25, -0.2) is 0 Å². The van der Waals surface area contributed by atoms with Crippen LogP contribution in [-0.2, 0) is 0 Å². The van der Waals surface area contributed by atoms with Crippen molar-refractivity contribution in [2.24, 2.45) is 0 Å². The van der Waals surface area contributed by atoms with Gasteiger partial charge in [0.1, 0.15) is 0 Å². The van der Waals surface area contributed by atoms with E-state index in [9.17, 15) is 0 Å². The lowest BCUT2D eigenvalue weighted by Gasteiger charge is -2.27. The van der Waals surface area contributed by atoms with E-state index in [4.69, 9.17) is 5.10 Å². The minimum absolute atomic E-state index is 0.791. The van der Waals surface area contributed by atoms with Gasteiger partial charge < -0.3 is 9.47 Å². The number of benzene rings is 7. The Balaban J connectivity index is 1.13. The van der Waals surface area contributed by atoms with Gasteiger partial charge in [0.25, 0.3) is 0 Å². The average Bonchev–Trinajstić information content (AvgIpc) is 3.77. The van der Waals surface area contributed by atoms with Crippen molar-refractivity contribution in [3.63, 3.8) is 0 Å². The maximum Gasteiger partial charge on any atom is 0.168 e. The largest absolute Gasteiger partial charge is 0.310 e. The maximum absolute atomic E-state index is 4.72. The molecular weight excluding hydrogens is 611 g/mol. The zero-order valence-corrected chi connectivity index (χ0v) is 27.6. The van der Waals surface area contributed by atoms with Gasteiger partial charge in [0, 0.05) is 50.3 Å². The van der Waals surface area contributed by atoms with Crippen molar-refractivity contribution in [3.8, 4) is 34.2 Å². The third-order valence-electron chi connectivity index (χ3n) is 9.40. The molecule has 0 saturated heterocycles. The molecule has 9 aromatic rings. The zero-order chi connectivity index (χ0) is 33.4. The normalized spacial score (nSPS) is 11.3. The van der Waals surface area contributed by atoms with Gasteiger partial charge in [-0.15, -0.1) is 10.2 Å². The van der Waals surface area contributed by atoms with Crippen molar-refractivity contribution < 1.29 is 0 Å². The number of fused-ring (bicyclic) bond motifs is 3. The second kappa shape index (κ2) is 12.4. The first-order valence-electron chi connectivity index (χ1n) is 16.9. The minimum Gasteiger partial charge on any atom is -0.310 e. The number of hydrogen-bond donors (Lipinski definition) is 0. The Morgan fingerprint density at radius 1 is 0.400 bits per heavy atom. The van der Waals surface area contributed by atoms with E-state index in [1.165, 1.54) is 27.4 Å². The van der Waals surface area contributed by atoms with Crippen molar-refractivity contribution in [3.05, 3.63) is 188 Å². The first-order valence-corrected chi connectivity index (χ1v) is 16.9. The van der Waals surface area contributed by atoms with Gasteiger partial charge in [-0.1, -0.05) is 103 Å². The number of hydrogen-bond acceptors (Lipinski definition) is 3. The Morgan fingerprint density at radius 3 is 1.46 bits per heavy atom. The van der Waals surface area contributed by atoms with Crippen LogP contribution in [0.3, 0.4) is 0 Å². The molecule has 0 fully saturated rings. The minimum atomic E-state index is 0.791. The van der Waals surface area contributed by atoms with Crippen LogP contribution in [0.5, 0.6) is 0 Å². The molecule has 0 spiro atoms. The first kappa shape index (κ1) is 29.4. The number of nitrogens with zero attached hydrogens (tertiary/aromatic N) is 5. The van der Waals surface area contributed by atoms with E-state index < -0.39 is 0 Å². The summed E-state index contributed by atoms with van der Waals surface area (Å²) < 4.78 is 4.49. The highest BCUT2D eigenvalue weighted by molar-refractivity contribution is 6.09. The third kappa shape index (κ3) is 5.04. The standard InChI is InChI=1S/C45H33N5/c1-32-14-8-11-21-41(32)48(37-28-30-38(31-29-37)49-42-22-12-9-19-39(42)40-20-10-13-23-43(40)49)36-26-24-34(25-27-36)45-47-46-44(33-15-4-2-5-16-33)50(45)35-17-6-3-7-18-35/h2-31H,1H3. The molecule has 0 radical (unpaired) electrons. The van der Waals surface area contributed by atoms with Gasteiger partial charge in [0.15, 0.2) is 11.6 Å². The molecule has 238 valence electrons. The van der Waals surface area contributed by atoms with Crippen molar-refractivity contribution >= 4 is 38.9 Å². The molecule has 2 aromatic heterocycles. The molecule has 0 aliphatic rings. The van der Waals surface area contributed by atoms with E-state index in [0.29, 0.717) is 0 Å². The van der Waals surface area contributed by atoms with Crippen LogP contribution in [-0.4, -0.2) is 19.3 Å². The van der Waals surface area contributed by atoms with E-state index in [1.807, 2.05) is 36.4 Å². The lowest BCUT2D eigenvalue weighted by atomic mass is 10.1. The fourth-order valence-electron chi connectivity index (χ4n) is 7.02. The van der Waals surface area contributed by atoms with Crippen LogP contribution >= 0.6 is 0 Å². The van der Waals surface area contributed by atoms with Gasteiger partial charge in [0.05, 0.1) is 11.0 Å². The SMILES string of the molecule is Cc1ccccc1N(c1ccc(-c2nnc(-c3ccccc3)n2-c2ccccc2)cc1)c1ccc(-n2c3ccccc3c3ccccc32)cc1. The van der Waals surface area contributed by atoms with Crippen LogP contribution in [0.15, 0.2) is 182 Å². The summed E-state index contributed by atoms with van der Waals surface area (Å²) in [7, 11) is 0. The Morgan fingerprint density at radius 2 is 0.860 bits per heavy atom. The quantitative estimate of drug-likeness (QED) is 0.173. The lowest BCUT2D eigenvalue weighted by Crippen LogP contribution is -2.11. The van der Waals surface area contributed by atoms with Crippen LogP contribution in [0.1, 0.15) is 5.56 Å². The van der Waals surface area contributed by atoms with E-state index >= 15 is 0 Å². The molecule has 7 aromatic carbocycles. The highest BCUT2D eigenvalue weighted by Gasteiger charge is 2.20. The third-order valence-corrected chi connectivity index (χ3v) is 9.40. The molecule has 0 aliphatic carbocycles. The summed E-state index contributed by atoms with van der Waals surface area (Å²) in [4.78, 5) is 2.33. The number of anilines is 3. The molecule has 0 saturated carbocycles. The summed E-state index contributed by atoms with van der Waals surface area (Å²) >= 11 is 0. The lowest BCUT2D eigenvalue weighted by molar-refractivity contribution is 1.07. The molecular formula is C45H33N5. The predicted molar refractivity (Wildman–Crippen MR) is 206 cm³/mol. The maximum atomic E-state index is 4.72. The molecule has 5 nitrogen and oxygen atoms in total. The van der Waals surface area contributed by atoms with Crippen LogP contribution in [0.25, 0.3) is 56.0 Å². The summed E-state index contributed by atoms with van der Waals surface area (Å²) in [5.41, 5.74) is 11.0. The van der Waals surface area contributed by atoms with Crippen molar-refractivity contribution in [1.29, 1.82) is 0 Å². The van der Waals surface area contributed by atoms with Gasteiger partial charge in [-0.2, -0.15) is 0 Å². The highest BCUT2D eigenvalue weighted by atomic mass is 15.3. The summed E-state index contributed by atoms with van der Waals surface area (Å²) in [6, 6.07) is 63.9. The van der Waals surface area contributed by atoms with Crippen molar-refractivity contribution in [2.45, 2.75) is 6.92 Å². The van der Waals surface area contributed by atoms with Crippen LogP contribution < -0.4 is 4.90 Å². The van der Waals surface area contributed by atoms with E-state index in [1.54, 1.807) is 0 Å². The number of para-hydroxylation sites is 4. The Labute approximate surface area is 291 Å². The number of rotatable bonds is 7. The molecule has 0 atom stereocenters. The van der Waals surface area contributed by atoms with Crippen LogP contribution in [0, 0.1) is 6.92 Å². The molecule has 0 bridgehead atoms. The van der Waals surface area contributed by atoms with Gasteiger partial charge in [-0.05, 0) is 91.3 Å².